The van der Waals surface area contributed by atoms with E-state index in [2.05, 4.69) is 50.5 Å². The number of halogens is 1. The van der Waals surface area contributed by atoms with Crippen molar-refractivity contribution in [1.29, 1.82) is 0 Å². The van der Waals surface area contributed by atoms with Crippen LogP contribution in [0.15, 0.2) is 0 Å². The molecule has 0 aromatic heterocycles. The molecule has 0 aliphatic carbocycles. The van der Waals surface area contributed by atoms with Crippen LogP contribution in [0, 0.1) is 17.3 Å². The van der Waals surface area contributed by atoms with E-state index in [4.69, 9.17) is 0 Å². The van der Waals surface area contributed by atoms with Gasteiger partial charge in [0.15, 0.2) is 0 Å². The van der Waals surface area contributed by atoms with Crippen LogP contribution >= 0.6 is 15.9 Å². The monoisotopic (exact) mass is 234 g/mol. The minimum Gasteiger partial charge on any atom is -0.0922 e. The molecule has 0 bridgehead atoms. The predicted octanol–water partition coefficient (Wildman–Crippen LogP) is 4.48. The molecule has 0 rings (SSSR count). The first-order valence-electron chi connectivity index (χ1n) is 5.02. The largest absolute Gasteiger partial charge is 0.0922 e. The fourth-order valence-corrected chi connectivity index (χ4v) is 2.52. The zero-order valence-corrected chi connectivity index (χ0v) is 10.7. The smallest absolute Gasteiger partial charge is 0.00877 e. The molecule has 0 saturated carbocycles. The van der Waals surface area contributed by atoms with Crippen LogP contribution in [0.5, 0.6) is 0 Å². The highest BCUT2D eigenvalue weighted by Crippen LogP contribution is 2.36. The molecule has 0 saturated heterocycles. The van der Waals surface area contributed by atoms with Gasteiger partial charge in [-0.05, 0) is 30.1 Å². The zero-order chi connectivity index (χ0) is 9.78. The van der Waals surface area contributed by atoms with Crippen LogP contribution in [0.4, 0.5) is 0 Å². The molecule has 74 valence electrons. The fraction of sp³-hybridized carbons (Fsp3) is 1.00. The number of hydrogen-bond acceptors (Lipinski definition) is 0. The van der Waals surface area contributed by atoms with Gasteiger partial charge >= 0.3 is 0 Å². The Hall–Kier alpha value is 0.480. The predicted molar refractivity (Wildman–Crippen MR) is 60.8 cm³/mol. The fourth-order valence-electron chi connectivity index (χ4n) is 1.57. The summed E-state index contributed by atoms with van der Waals surface area (Å²) in [5.74, 6) is 1.65. The summed E-state index contributed by atoms with van der Waals surface area (Å²) in [5, 5.41) is 1.13. The third-order valence-corrected chi connectivity index (χ3v) is 4.41. The summed E-state index contributed by atoms with van der Waals surface area (Å²) in [5.41, 5.74) is 0.490. The van der Waals surface area contributed by atoms with Gasteiger partial charge in [-0.3, -0.25) is 0 Å². The standard InChI is InChI=1S/C11H23Br/c1-6-11(5,8-12)10(4)7-9(2)3/h9-10H,6-8H2,1-5H3. The molecule has 12 heavy (non-hydrogen) atoms. The summed E-state index contributed by atoms with van der Waals surface area (Å²) in [6, 6.07) is 0. The Kier molecular flexibility index (Phi) is 5.47. The van der Waals surface area contributed by atoms with Gasteiger partial charge in [0.2, 0.25) is 0 Å². The van der Waals surface area contributed by atoms with Gasteiger partial charge in [-0.1, -0.05) is 50.5 Å². The molecule has 2 unspecified atom stereocenters. The average molecular weight is 235 g/mol. The van der Waals surface area contributed by atoms with Gasteiger partial charge in [0.25, 0.3) is 0 Å². The Labute approximate surface area is 86.3 Å². The van der Waals surface area contributed by atoms with Crippen molar-refractivity contribution in [2.75, 3.05) is 5.33 Å². The molecular formula is C11H23Br. The normalized spacial score (nSPS) is 19.2. The molecule has 0 heterocycles. The first-order chi connectivity index (χ1) is 5.46. The van der Waals surface area contributed by atoms with Gasteiger partial charge in [-0.25, -0.2) is 0 Å². The van der Waals surface area contributed by atoms with Crippen LogP contribution in [0.1, 0.15) is 47.5 Å². The third-order valence-electron chi connectivity index (χ3n) is 3.13. The van der Waals surface area contributed by atoms with Gasteiger partial charge in [-0.2, -0.15) is 0 Å². The van der Waals surface area contributed by atoms with Crippen LogP contribution in [0.25, 0.3) is 0 Å². The first kappa shape index (κ1) is 12.5. The minimum absolute atomic E-state index is 0.490. The second-order valence-electron chi connectivity index (χ2n) is 4.67. The summed E-state index contributed by atoms with van der Waals surface area (Å²) in [6.07, 6.45) is 2.61. The molecule has 0 aromatic carbocycles. The Morgan fingerprint density at radius 1 is 1.25 bits per heavy atom. The number of rotatable bonds is 5. The average Bonchev–Trinajstić information content (AvgIpc) is 2.02. The zero-order valence-electron chi connectivity index (χ0n) is 9.15. The highest BCUT2D eigenvalue weighted by atomic mass is 79.9. The van der Waals surface area contributed by atoms with Crippen LogP contribution < -0.4 is 0 Å². The van der Waals surface area contributed by atoms with E-state index >= 15 is 0 Å². The van der Waals surface area contributed by atoms with Crippen molar-refractivity contribution in [3.05, 3.63) is 0 Å². The van der Waals surface area contributed by atoms with Crippen molar-refractivity contribution in [1.82, 2.24) is 0 Å². The maximum atomic E-state index is 3.62. The van der Waals surface area contributed by atoms with Crippen molar-refractivity contribution in [2.24, 2.45) is 17.3 Å². The van der Waals surface area contributed by atoms with E-state index in [-0.39, 0.29) is 0 Å². The Morgan fingerprint density at radius 3 is 2.00 bits per heavy atom. The molecule has 0 N–H and O–H groups in total. The quantitative estimate of drug-likeness (QED) is 0.616. The van der Waals surface area contributed by atoms with Gasteiger partial charge < -0.3 is 0 Å². The lowest BCUT2D eigenvalue weighted by atomic mass is 9.74. The topological polar surface area (TPSA) is 0 Å². The van der Waals surface area contributed by atoms with Crippen molar-refractivity contribution < 1.29 is 0 Å². The Balaban J connectivity index is 4.11. The highest BCUT2D eigenvalue weighted by molar-refractivity contribution is 9.09. The summed E-state index contributed by atoms with van der Waals surface area (Å²) < 4.78 is 0. The van der Waals surface area contributed by atoms with E-state index in [1.54, 1.807) is 0 Å². The summed E-state index contributed by atoms with van der Waals surface area (Å²) in [4.78, 5) is 0. The molecule has 0 aromatic rings. The van der Waals surface area contributed by atoms with Crippen molar-refractivity contribution >= 4 is 15.9 Å². The maximum Gasteiger partial charge on any atom is 0.00877 e. The van der Waals surface area contributed by atoms with E-state index in [9.17, 15) is 0 Å². The van der Waals surface area contributed by atoms with Crippen molar-refractivity contribution in [3.8, 4) is 0 Å². The van der Waals surface area contributed by atoms with Crippen molar-refractivity contribution in [3.63, 3.8) is 0 Å². The van der Waals surface area contributed by atoms with E-state index in [1.807, 2.05) is 0 Å². The third kappa shape index (κ3) is 3.47. The molecular weight excluding hydrogens is 212 g/mol. The summed E-state index contributed by atoms with van der Waals surface area (Å²) in [7, 11) is 0. The number of hydrogen-bond donors (Lipinski definition) is 0. The van der Waals surface area contributed by atoms with Gasteiger partial charge in [0.1, 0.15) is 0 Å². The lowest BCUT2D eigenvalue weighted by Gasteiger charge is -2.34. The lowest BCUT2D eigenvalue weighted by molar-refractivity contribution is 0.199. The van der Waals surface area contributed by atoms with E-state index in [0.29, 0.717) is 5.41 Å². The second kappa shape index (κ2) is 5.26. The summed E-state index contributed by atoms with van der Waals surface area (Å²) >= 11 is 3.62. The molecule has 0 fully saturated rings. The molecule has 2 atom stereocenters. The van der Waals surface area contributed by atoms with E-state index < -0.39 is 0 Å². The Bertz CT molecular complexity index is 114. The van der Waals surface area contributed by atoms with Crippen LogP contribution in [0.2, 0.25) is 0 Å². The van der Waals surface area contributed by atoms with Gasteiger partial charge in [0.05, 0.1) is 0 Å². The van der Waals surface area contributed by atoms with Gasteiger partial charge in [-0.15, -0.1) is 0 Å². The maximum absolute atomic E-state index is 3.62. The second-order valence-corrected chi connectivity index (χ2v) is 5.23. The Morgan fingerprint density at radius 2 is 1.75 bits per heavy atom. The lowest BCUT2D eigenvalue weighted by Crippen LogP contribution is -2.27. The summed E-state index contributed by atoms with van der Waals surface area (Å²) in [6.45, 7) is 11.7. The molecule has 0 spiro atoms. The first-order valence-corrected chi connectivity index (χ1v) is 6.14. The van der Waals surface area contributed by atoms with E-state index in [1.165, 1.54) is 12.8 Å². The van der Waals surface area contributed by atoms with Crippen LogP contribution in [-0.2, 0) is 0 Å². The van der Waals surface area contributed by atoms with Crippen LogP contribution in [-0.4, -0.2) is 5.33 Å². The molecule has 0 aliphatic heterocycles. The molecule has 1 heteroatoms. The van der Waals surface area contributed by atoms with Crippen molar-refractivity contribution in [2.45, 2.75) is 47.5 Å². The molecule has 0 amide bonds. The molecule has 0 nitrogen and oxygen atoms in total. The number of alkyl halides is 1. The SMILES string of the molecule is CCC(C)(CBr)C(C)CC(C)C. The van der Waals surface area contributed by atoms with Crippen LogP contribution in [0.3, 0.4) is 0 Å². The van der Waals surface area contributed by atoms with Gasteiger partial charge in [0, 0.05) is 5.33 Å². The minimum atomic E-state index is 0.490. The molecule has 0 radical (unpaired) electrons. The highest BCUT2D eigenvalue weighted by Gasteiger charge is 2.28. The van der Waals surface area contributed by atoms with E-state index in [0.717, 1.165) is 17.2 Å². The molecule has 0 aliphatic rings.